The Hall–Kier alpha value is -3.00. The molecule has 8 heteroatoms. The number of hydrogen-bond acceptors (Lipinski definition) is 5. The van der Waals surface area contributed by atoms with Crippen LogP contribution in [0.25, 0.3) is 11.3 Å². The van der Waals surface area contributed by atoms with Gasteiger partial charge in [0.2, 0.25) is 5.88 Å². The fourth-order valence-corrected chi connectivity index (χ4v) is 3.44. The van der Waals surface area contributed by atoms with E-state index in [1.54, 1.807) is 36.4 Å². The molecule has 0 bridgehead atoms. The molecule has 0 radical (unpaired) electrons. The predicted octanol–water partition coefficient (Wildman–Crippen LogP) is 3.48. The minimum Gasteiger partial charge on any atom is -0.477 e. The van der Waals surface area contributed by atoms with Crippen LogP contribution in [0.2, 0.25) is 0 Å². The number of anilines is 1. The minimum absolute atomic E-state index is 0.293. The highest BCUT2D eigenvalue weighted by molar-refractivity contribution is 7.92. The van der Waals surface area contributed by atoms with Gasteiger partial charge in [-0.25, -0.2) is 12.8 Å². The molecule has 1 N–H and O–H groups in total. The molecule has 26 heavy (non-hydrogen) atoms. The molecule has 0 aliphatic rings. The van der Waals surface area contributed by atoms with Crippen molar-refractivity contribution in [3.8, 4) is 17.1 Å². The molecule has 1 aromatic heterocycles. The maximum atomic E-state index is 13.8. The fourth-order valence-electron chi connectivity index (χ4n) is 2.31. The highest BCUT2D eigenvalue weighted by Crippen LogP contribution is 2.24. The highest BCUT2D eigenvalue weighted by Gasteiger charge is 2.18. The smallest absolute Gasteiger partial charge is 0.264 e. The number of nitrogens with zero attached hydrogens (tertiary/aromatic N) is 2. The van der Waals surface area contributed by atoms with E-state index in [-0.39, 0.29) is 0 Å². The number of benzene rings is 2. The van der Waals surface area contributed by atoms with E-state index in [4.69, 9.17) is 4.74 Å². The third kappa shape index (κ3) is 3.97. The monoisotopic (exact) mass is 373 g/mol. The lowest BCUT2D eigenvalue weighted by Gasteiger charge is -2.10. The molecule has 0 fully saturated rings. The van der Waals surface area contributed by atoms with Gasteiger partial charge in [0.15, 0.2) is 0 Å². The molecule has 3 aromatic rings. The molecule has 0 unspecified atom stereocenters. The van der Waals surface area contributed by atoms with Crippen LogP contribution < -0.4 is 9.46 Å². The number of halogens is 1. The first kappa shape index (κ1) is 17.8. The molecule has 0 aliphatic carbocycles. The lowest BCUT2D eigenvalue weighted by atomic mass is 10.1. The Morgan fingerprint density at radius 3 is 2.54 bits per heavy atom. The van der Waals surface area contributed by atoms with Crippen molar-refractivity contribution in [2.24, 2.45) is 0 Å². The van der Waals surface area contributed by atoms with Gasteiger partial charge in [0.1, 0.15) is 10.7 Å². The number of aromatic nitrogens is 2. The molecule has 0 saturated heterocycles. The number of ether oxygens (including phenoxy) is 1. The Labute approximate surface area is 150 Å². The van der Waals surface area contributed by atoms with Crippen molar-refractivity contribution >= 4 is 15.7 Å². The van der Waals surface area contributed by atoms with E-state index in [1.807, 2.05) is 6.92 Å². The highest BCUT2D eigenvalue weighted by atomic mass is 32.2. The van der Waals surface area contributed by atoms with Crippen molar-refractivity contribution in [3.05, 3.63) is 66.5 Å². The fraction of sp³-hybridized carbons (Fsp3) is 0.111. The summed E-state index contributed by atoms with van der Waals surface area (Å²) in [7, 11) is -4.04. The Bertz CT molecular complexity index is 1010. The van der Waals surface area contributed by atoms with Gasteiger partial charge in [-0.05, 0) is 37.3 Å². The summed E-state index contributed by atoms with van der Waals surface area (Å²) in [5.74, 6) is -0.402. The van der Waals surface area contributed by atoms with Gasteiger partial charge in [-0.3, -0.25) is 4.72 Å². The van der Waals surface area contributed by atoms with E-state index in [2.05, 4.69) is 14.9 Å². The van der Waals surface area contributed by atoms with E-state index in [0.717, 1.165) is 6.07 Å². The summed E-state index contributed by atoms with van der Waals surface area (Å²) in [4.78, 5) is -0.411. The van der Waals surface area contributed by atoms with Crippen LogP contribution in [0.3, 0.4) is 0 Å². The van der Waals surface area contributed by atoms with Gasteiger partial charge in [0, 0.05) is 17.3 Å². The average molecular weight is 373 g/mol. The number of hydrogen-bond donors (Lipinski definition) is 1. The maximum Gasteiger partial charge on any atom is 0.264 e. The standard InChI is InChI=1S/C18H16FN3O3S/c1-2-25-18-11-10-16(20-21-18)13-6-5-7-14(12-13)22-26(23,24)17-9-4-3-8-15(17)19/h3-12,22H,2H2,1H3. The number of nitrogens with one attached hydrogen (secondary N) is 1. The second-order valence-corrected chi connectivity index (χ2v) is 6.96. The molecular formula is C18H16FN3O3S. The van der Waals surface area contributed by atoms with Crippen molar-refractivity contribution in [1.29, 1.82) is 0 Å². The Balaban J connectivity index is 1.87. The molecule has 3 rings (SSSR count). The van der Waals surface area contributed by atoms with Gasteiger partial charge in [-0.2, -0.15) is 0 Å². The van der Waals surface area contributed by atoms with Gasteiger partial charge >= 0.3 is 0 Å². The summed E-state index contributed by atoms with van der Waals surface area (Å²) < 4.78 is 46.2. The molecule has 134 valence electrons. The first-order chi connectivity index (χ1) is 12.5. The van der Waals surface area contributed by atoms with Gasteiger partial charge in [-0.15, -0.1) is 10.2 Å². The second-order valence-electron chi connectivity index (χ2n) is 5.31. The molecule has 0 spiro atoms. The van der Waals surface area contributed by atoms with Gasteiger partial charge in [0.05, 0.1) is 12.3 Å². The zero-order chi connectivity index (χ0) is 18.6. The zero-order valence-corrected chi connectivity index (χ0v) is 14.7. The summed E-state index contributed by atoms with van der Waals surface area (Å²) in [6.07, 6.45) is 0. The Morgan fingerprint density at radius 2 is 1.85 bits per heavy atom. The number of sulfonamides is 1. The van der Waals surface area contributed by atoms with E-state index < -0.39 is 20.7 Å². The van der Waals surface area contributed by atoms with E-state index in [9.17, 15) is 12.8 Å². The summed E-state index contributed by atoms with van der Waals surface area (Å²) in [5.41, 5.74) is 1.51. The SMILES string of the molecule is CCOc1ccc(-c2cccc(NS(=O)(=O)c3ccccc3F)c2)nn1. The molecule has 0 amide bonds. The first-order valence-corrected chi connectivity index (χ1v) is 9.32. The van der Waals surface area contributed by atoms with Gasteiger partial charge in [-0.1, -0.05) is 24.3 Å². The van der Waals surface area contributed by atoms with Crippen LogP contribution in [0.4, 0.5) is 10.1 Å². The molecular weight excluding hydrogens is 357 g/mol. The third-order valence-corrected chi connectivity index (χ3v) is 4.88. The molecule has 1 heterocycles. The van der Waals surface area contributed by atoms with Gasteiger partial charge < -0.3 is 4.74 Å². The Kier molecular flexibility index (Phi) is 5.13. The molecule has 0 atom stereocenters. The van der Waals surface area contributed by atoms with Crippen LogP contribution in [0, 0.1) is 5.82 Å². The van der Waals surface area contributed by atoms with Crippen molar-refractivity contribution in [2.75, 3.05) is 11.3 Å². The second kappa shape index (κ2) is 7.49. The van der Waals surface area contributed by atoms with Crippen molar-refractivity contribution in [3.63, 3.8) is 0 Å². The summed E-state index contributed by atoms with van der Waals surface area (Å²) in [5, 5.41) is 8.01. The third-order valence-electron chi connectivity index (χ3n) is 3.47. The predicted molar refractivity (Wildman–Crippen MR) is 95.8 cm³/mol. The summed E-state index contributed by atoms with van der Waals surface area (Å²) in [6, 6.07) is 15.2. The van der Waals surface area contributed by atoms with Crippen molar-refractivity contribution in [1.82, 2.24) is 10.2 Å². The van der Waals surface area contributed by atoms with Crippen LogP contribution >= 0.6 is 0 Å². The van der Waals surface area contributed by atoms with Crippen molar-refractivity contribution < 1.29 is 17.5 Å². The summed E-state index contributed by atoms with van der Waals surface area (Å²) in [6.45, 7) is 2.34. The van der Waals surface area contributed by atoms with Crippen LogP contribution in [0.15, 0.2) is 65.6 Å². The van der Waals surface area contributed by atoms with E-state index in [1.165, 1.54) is 18.2 Å². The van der Waals surface area contributed by atoms with E-state index >= 15 is 0 Å². The lowest BCUT2D eigenvalue weighted by molar-refractivity contribution is 0.323. The number of rotatable bonds is 6. The van der Waals surface area contributed by atoms with Crippen LogP contribution in [0.1, 0.15) is 6.92 Å². The average Bonchev–Trinajstić information content (AvgIpc) is 2.63. The van der Waals surface area contributed by atoms with E-state index in [0.29, 0.717) is 29.4 Å². The summed E-state index contributed by atoms with van der Waals surface area (Å²) >= 11 is 0. The molecule has 0 aliphatic heterocycles. The lowest BCUT2D eigenvalue weighted by Crippen LogP contribution is -2.14. The quantitative estimate of drug-likeness (QED) is 0.715. The minimum atomic E-state index is -4.04. The van der Waals surface area contributed by atoms with Crippen LogP contribution in [-0.2, 0) is 10.0 Å². The normalized spacial score (nSPS) is 11.2. The zero-order valence-electron chi connectivity index (χ0n) is 13.9. The maximum absolute atomic E-state index is 13.8. The topological polar surface area (TPSA) is 81.2 Å². The van der Waals surface area contributed by atoms with Crippen LogP contribution in [-0.4, -0.2) is 25.2 Å². The Morgan fingerprint density at radius 1 is 1.04 bits per heavy atom. The van der Waals surface area contributed by atoms with Gasteiger partial charge in [0.25, 0.3) is 10.0 Å². The molecule has 0 saturated carbocycles. The van der Waals surface area contributed by atoms with Crippen LogP contribution in [0.5, 0.6) is 5.88 Å². The molecule has 2 aromatic carbocycles. The molecule has 6 nitrogen and oxygen atoms in total. The largest absolute Gasteiger partial charge is 0.477 e. The van der Waals surface area contributed by atoms with Crippen molar-refractivity contribution in [2.45, 2.75) is 11.8 Å². The first-order valence-electron chi connectivity index (χ1n) is 7.84.